The van der Waals surface area contributed by atoms with E-state index in [1.165, 1.54) is 5.52 Å². The van der Waals surface area contributed by atoms with E-state index in [1.807, 2.05) is 26.0 Å². The number of rotatable bonds is 4. The second-order valence-corrected chi connectivity index (χ2v) is 4.32. The standard InChI is InChI=1S/C15H17NO/c1-4-5-10-16-11-9-13-14(16)7-6-8-15(13)17-12(2)3/h1,6-9,11-12H,5,10H2,2-3H3. The Kier molecular flexibility index (Phi) is 3.39. The highest BCUT2D eigenvalue weighted by Crippen LogP contribution is 2.27. The van der Waals surface area contributed by atoms with Crippen LogP contribution in [0.5, 0.6) is 5.75 Å². The molecule has 0 amide bonds. The molecule has 0 aliphatic rings. The van der Waals surface area contributed by atoms with Crippen molar-refractivity contribution in [2.75, 3.05) is 0 Å². The molecule has 0 fully saturated rings. The minimum atomic E-state index is 0.189. The first-order valence-electron chi connectivity index (χ1n) is 5.90. The van der Waals surface area contributed by atoms with Crippen molar-refractivity contribution in [3.8, 4) is 18.1 Å². The summed E-state index contributed by atoms with van der Waals surface area (Å²) in [6.07, 6.45) is 8.30. The molecule has 2 heteroatoms. The fraction of sp³-hybridized carbons (Fsp3) is 0.333. The first kappa shape index (κ1) is 11.6. The van der Waals surface area contributed by atoms with Crippen LogP contribution in [-0.4, -0.2) is 10.7 Å². The van der Waals surface area contributed by atoms with E-state index in [9.17, 15) is 0 Å². The van der Waals surface area contributed by atoms with Gasteiger partial charge in [0.2, 0.25) is 0 Å². The van der Waals surface area contributed by atoms with Crippen LogP contribution in [0.3, 0.4) is 0 Å². The number of aromatic nitrogens is 1. The lowest BCUT2D eigenvalue weighted by atomic mass is 10.2. The Morgan fingerprint density at radius 3 is 2.88 bits per heavy atom. The van der Waals surface area contributed by atoms with Gasteiger partial charge in [-0.1, -0.05) is 6.07 Å². The van der Waals surface area contributed by atoms with Gasteiger partial charge in [-0.25, -0.2) is 0 Å². The maximum atomic E-state index is 5.79. The van der Waals surface area contributed by atoms with Gasteiger partial charge in [0.1, 0.15) is 5.75 Å². The largest absolute Gasteiger partial charge is 0.490 e. The van der Waals surface area contributed by atoms with Crippen molar-refractivity contribution < 1.29 is 4.74 Å². The van der Waals surface area contributed by atoms with E-state index in [-0.39, 0.29) is 6.10 Å². The maximum absolute atomic E-state index is 5.79. The van der Waals surface area contributed by atoms with E-state index in [4.69, 9.17) is 11.2 Å². The molecule has 0 bridgehead atoms. The zero-order valence-electron chi connectivity index (χ0n) is 10.3. The van der Waals surface area contributed by atoms with Crippen LogP contribution in [0, 0.1) is 12.3 Å². The van der Waals surface area contributed by atoms with E-state index in [0.717, 1.165) is 24.1 Å². The highest BCUT2D eigenvalue weighted by Gasteiger charge is 2.07. The van der Waals surface area contributed by atoms with Gasteiger partial charge in [0.15, 0.2) is 0 Å². The highest BCUT2D eigenvalue weighted by atomic mass is 16.5. The molecule has 1 heterocycles. The lowest BCUT2D eigenvalue weighted by Crippen LogP contribution is -2.05. The van der Waals surface area contributed by atoms with Crippen molar-refractivity contribution in [1.29, 1.82) is 0 Å². The zero-order chi connectivity index (χ0) is 12.3. The molecular weight excluding hydrogens is 210 g/mol. The van der Waals surface area contributed by atoms with Crippen molar-refractivity contribution in [1.82, 2.24) is 4.57 Å². The van der Waals surface area contributed by atoms with Gasteiger partial charge in [-0.3, -0.25) is 0 Å². The third-order valence-electron chi connectivity index (χ3n) is 2.63. The summed E-state index contributed by atoms with van der Waals surface area (Å²) < 4.78 is 7.96. The Balaban J connectivity index is 2.39. The average molecular weight is 227 g/mol. The molecule has 0 radical (unpaired) electrons. The number of hydrogen-bond donors (Lipinski definition) is 0. The SMILES string of the molecule is C#CCCn1ccc2c(OC(C)C)cccc21. The lowest BCUT2D eigenvalue weighted by Gasteiger charge is -2.11. The second-order valence-electron chi connectivity index (χ2n) is 4.32. The quantitative estimate of drug-likeness (QED) is 0.730. The predicted octanol–water partition coefficient (Wildman–Crippen LogP) is 3.45. The summed E-state index contributed by atoms with van der Waals surface area (Å²) in [7, 11) is 0. The Hall–Kier alpha value is -1.88. The molecule has 0 aliphatic heterocycles. The summed E-state index contributed by atoms with van der Waals surface area (Å²) in [5.41, 5.74) is 1.18. The molecule has 0 saturated carbocycles. The number of nitrogens with zero attached hydrogens (tertiary/aromatic N) is 1. The average Bonchev–Trinajstić information content (AvgIpc) is 2.70. The summed E-state index contributed by atoms with van der Waals surface area (Å²) >= 11 is 0. The first-order chi connectivity index (χ1) is 8.22. The molecule has 0 atom stereocenters. The summed E-state index contributed by atoms with van der Waals surface area (Å²) in [6, 6.07) is 8.21. The lowest BCUT2D eigenvalue weighted by molar-refractivity contribution is 0.245. The van der Waals surface area contributed by atoms with Crippen LogP contribution in [0.2, 0.25) is 0 Å². The van der Waals surface area contributed by atoms with E-state index in [0.29, 0.717) is 0 Å². The molecule has 0 spiro atoms. The number of benzene rings is 1. The van der Waals surface area contributed by atoms with Crippen molar-refractivity contribution in [3.05, 3.63) is 30.5 Å². The molecule has 0 aliphatic carbocycles. The minimum Gasteiger partial charge on any atom is -0.490 e. The fourth-order valence-electron chi connectivity index (χ4n) is 1.93. The van der Waals surface area contributed by atoms with Crippen LogP contribution in [0.4, 0.5) is 0 Å². The van der Waals surface area contributed by atoms with Crippen LogP contribution in [0.15, 0.2) is 30.5 Å². The van der Waals surface area contributed by atoms with Gasteiger partial charge in [0.25, 0.3) is 0 Å². The van der Waals surface area contributed by atoms with Gasteiger partial charge in [-0.15, -0.1) is 12.3 Å². The second kappa shape index (κ2) is 4.97. The third-order valence-corrected chi connectivity index (χ3v) is 2.63. The van der Waals surface area contributed by atoms with Crippen LogP contribution >= 0.6 is 0 Å². The minimum absolute atomic E-state index is 0.189. The zero-order valence-corrected chi connectivity index (χ0v) is 10.3. The Labute approximate surface area is 102 Å². The van der Waals surface area contributed by atoms with Gasteiger partial charge in [-0.2, -0.15) is 0 Å². The molecule has 1 aromatic carbocycles. The normalized spacial score (nSPS) is 10.7. The number of hydrogen-bond acceptors (Lipinski definition) is 1. The van der Waals surface area contributed by atoms with Gasteiger partial charge in [0.05, 0.1) is 11.6 Å². The summed E-state index contributed by atoms with van der Waals surface area (Å²) in [6.45, 7) is 4.92. The van der Waals surface area contributed by atoms with E-state index in [1.54, 1.807) is 0 Å². The van der Waals surface area contributed by atoms with Gasteiger partial charge in [-0.05, 0) is 32.0 Å². The number of terminal acetylenes is 1. The number of fused-ring (bicyclic) bond motifs is 1. The molecular formula is C15H17NO. The van der Waals surface area contributed by atoms with Crippen molar-refractivity contribution in [2.24, 2.45) is 0 Å². The van der Waals surface area contributed by atoms with Crippen LogP contribution in [-0.2, 0) is 6.54 Å². The van der Waals surface area contributed by atoms with E-state index in [2.05, 4.69) is 28.8 Å². The van der Waals surface area contributed by atoms with Gasteiger partial charge >= 0.3 is 0 Å². The monoisotopic (exact) mass is 227 g/mol. The summed E-state index contributed by atoms with van der Waals surface area (Å²) in [4.78, 5) is 0. The molecule has 17 heavy (non-hydrogen) atoms. The van der Waals surface area contributed by atoms with Crippen molar-refractivity contribution >= 4 is 10.9 Å². The van der Waals surface area contributed by atoms with Crippen molar-refractivity contribution in [3.63, 3.8) is 0 Å². The molecule has 2 rings (SSSR count). The molecule has 0 unspecified atom stereocenters. The smallest absolute Gasteiger partial charge is 0.129 e. The topological polar surface area (TPSA) is 14.2 Å². The van der Waals surface area contributed by atoms with Crippen LogP contribution in [0.1, 0.15) is 20.3 Å². The van der Waals surface area contributed by atoms with E-state index < -0.39 is 0 Å². The Morgan fingerprint density at radius 1 is 1.35 bits per heavy atom. The molecule has 2 aromatic rings. The fourth-order valence-corrected chi connectivity index (χ4v) is 1.93. The number of aryl methyl sites for hydroxylation is 1. The first-order valence-corrected chi connectivity index (χ1v) is 5.90. The van der Waals surface area contributed by atoms with Crippen molar-refractivity contribution in [2.45, 2.75) is 32.9 Å². The molecule has 1 aromatic heterocycles. The predicted molar refractivity (Wildman–Crippen MR) is 71.2 cm³/mol. The molecule has 0 saturated heterocycles. The van der Waals surface area contributed by atoms with Crippen LogP contribution < -0.4 is 4.74 Å². The van der Waals surface area contributed by atoms with Crippen LogP contribution in [0.25, 0.3) is 10.9 Å². The highest BCUT2D eigenvalue weighted by molar-refractivity contribution is 5.86. The Bertz CT molecular complexity index is 546. The summed E-state index contributed by atoms with van der Waals surface area (Å²) in [5, 5.41) is 1.15. The molecule has 2 nitrogen and oxygen atoms in total. The molecule has 88 valence electrons. The summed E-state index contributed by atoms with van der Waals surface area (Å²) in [5.74, 6) is 3.61. The van der Waals surface area contributed by atoms with E-state index >= 15 is 0 Å². The van der Waals surface area contributed by atoms with Gasteiger partial charge in [0, 0.05) is 24.5 Å². The Morgan fingerprint density at radius 2 is 2.18 bits per heavy atom. The number of ether oxygens (including phenoxy) is 1. The maximum Gasteiger partial charge on any atom is 0.129 e. The third kappa shape index (κ3) is 2.45. The van der Waals surface area contributed by atoms with Gasteiger partial charge < -0.3 is 9.30 Å². The molecule has 0 N–H and O–H groups in total.